The molecule has 0 spiro atoms. The van der Waals surface area contributed by atoms with Gasteiger partial charge in [-0.05, 0) is 12.1 Å². The van der Waals surface area contributed by atoms with Crippen molar-refractivity contribution in [2.75, 3.05) is 11.4 Å². The van der Waals surface area contributed by atoms with E-state index >= 15 is 0 Å². The van der Waals surface area contributed by atoms with Gasteiger partial charge in [0.15, 0.2) is 10.9 Å². The van der Waals surface area contributed by atoms with Gasteiger partial charge in [0.2, 0.25) is 5.91 Å². The van der Waals surface area contributed by atoms with E-state index in [1.807, 2.05) is 29.6 Å². The van der Waals surface area contributed by atoms with Gasteiger partial charge in [-0.3, -0.25) is 14.5 Å². The van der Waals surface area contributed by atoms with Gasteiger partial charge in [-0.25, -0.2) is 4.98 Å². The zero-order chi connectivity index (χ0) is 13.4. The van der Waals surface area contributed by atoms with Crippen molar-refractivity contribution in [1.82, 2.24) is 4.98 Å². The number of carbonyl (C=O) groups excluding carboxylic acids is 2. The average Bonchev–Trinajstić information content (AvgIpc) is 2.97. The molecule has 6 heteroatoms. The fraction of sp³-hybridized carbons (Fsp3) is 0.154. The van der Waals surface area contributed by atoms with Crippen molar-refractivity contribution in [1.29, 1.82) is 0 Å². The maximum absolute atomic E-state index is 11.6. The first-order chi connectivity index (χ1) is 9.13. The molecule has 1 aromatic heterocycles. The average molecular weight is 337 g/mol. The van der Waals surface area contributed by atoms with Crippen LogP contribution >= 0.6 is 27.3 Å². The lowest BCUT2D eigenvalue weighted by Crippen LogP contribution is -2.24. The lowest BCUT2D eigenvalue weighted by atomic mass is 10.2. The van der Waals surface area contributed by atoms with Gasteiger partial charge in [-0.1, -0.05) is 28.1 Å². The molecule has 19 heavy (non-hydrogen) atoms. The van der Waals surface area contributed by atoms with Crippen molar-refractivity contribution in [2.24, 2.45) is 0 Å². The Labute approximate surface area is 122 Å². The van der Waals surface area contributed by atoms with Crippen molar-refractivity contribution in [3.05, 3.63) is 34.1 Å². The van der Waals surface area contributed by atoms with E-state index in [1.54, 1.807) is 0 Å². The predicted molar refractivity (Wildman–Crippen MR) is 77.2 cm³/mol. The molecule has 1 saturated heterocycles. The number of amides is 1. The molecule has 0 unspecified atom stereocenters. The Kier molecular flexibility index (Phi) is 3.20. The smallest absolute Gasteiger partial charge is 0.236 e. The van der Waals surface area contributed by atoms with Crippen LogP contribution in [0.3, 0.4) is 0 Å². The van der Waals surface area contributed by atoms with Gasteiger partial charge in [-0.15, -0.1) is 11.3 Å². The Balaban J connectivity index is 1.89. The highest BCUT2D eigenvalue weighted by atomic mass is 79.9. The minimum absolute atomic E-state index is 0.00675. The molecule has 0 saturated carbocycles. The van der Waals surface area contributed by atoms with E-state index in [2.05, 4.69) is 20.9 Å². The maximum atomic E-state index is 11.6. The number of nitrogens with zero attached hydrogens (tertiary/aromatic N) is 2. The minimum Gasteiger partial charge on any atom is -0.297 e. The number of halogens is 1. The summed E-state index contributed by atoms with van der Waals surface area (Å²) in [6.45, 7) is 0.145. The zero-order valence-corrected chi connectivity index (χ0v) is 12.2. The van der Waals surface area contributed by atoms with Gasteiger partial charge in [0.25, 0.3) is 0 Å². The number of anilines is 1. The normalized spacial score (nSPS) is 15.3. The SMILES string of the molecule is O=C1CC(=O)N(c2nc(-c3ccc(Br)cc3)cs2)C1. The second-order valence-corrected chi connectivity index (χ2v) is 5.97. The van der Waals surface area contributed by atoms with Crippen molar-refractivity contribution in [2.45, 2.75) is 6.42 Å². The largest absolute Gasteiger partial charge is 0.297 e. The highest BCUT2D eigenvalue weighted by Gasteiger charge is 2.30. The molecular formula is C13H9BrN2O2S. The van der Waals surface area contributed by atoms with Crippen LogP contribution in [0, 0.1) is 0 Å². The highest BCUT2D eigenvalue weighted by Crippen LogP contribution is 2.29. The lowest BCUT2D eigenvalue weighted by Gasteiger charge is -2.09. The Bertz CT molecular complexity index is 651. The molecule has 1 fully saturated rings. The number of hydrogen-bond donors (Lipinski definition) is 0. The number of Topliss-reactive ketones (excluding diaryl/α,β-unsaturated/α-hetero) is 1. The van der Waals surface area contributed by atoms with Crippen molar-refractivity contribution < 1.29 is 9.59 Å². The summed E-state index contributed by atoms with van der Waals surface area (Å²) >= 11 is 4.77. The highest BCUT2D eigenvalue weighted by molar-refractivity contribution is 9.10. The van der Waals surface area contributed by atoms with E-state index in [4.69, 9.17) is 0 Å². The summed E-state index contributed by atoms with van der Waals surface area (Å²) in [5, 5.41) is 2.49. The number of benzene rings is 1. The number of thiazole rings is 1. The quantitative estimate of drug-likeness (QED) is 0.792. The van der Waals surface area contributed by atoms with E-state index in [9.17, 15) is 9.59 Å². The molecule has 96 valence electrons. The van der Waals surface area contributed by atoms with Crippen LogP contribution < -0.4 is 4.90 Å². The molecule has 1 aliphatic rings. The Morgan fingerprint density at radius 2 is 1.95 bits per heavy atom. The van der Waals surface area contributed by atoms with Crippen LogP contribution in [0.2, 0.25) is 0 Å². The standard InChI is InChI=1S/C13H9BrN2O2S/c14-9-3-1-8(2-4-9)11-7-19-13(15-11)16-6-10(17)5-12(16)18/h1-4,7H,5-6H2. The van der Waals surface area contributed by atoms with E-state index in [1.165, 1.54) is 16.2 Å². The first kappa shape index (κ1) is 12.5. The second kappa shape index (κ2) is 4.86. The molecule has 2 heterocycles. The van der Waals surface area contributed by atoms with Gasteiger partial charge < -0.3 is 0 Å². The molecule has 1 aliphatic heterocycles. The summed E-state index contributed by atoms with van der Waals surface area (Å²) in [6.07, 6.45) is -0.00675. The number of rotatable bonds is 2. The lowest BCUT2D eigenvalue weighted by molar-refractivity contribution is -0.121. The molecule has 0 bridgehead atoms. The molecule has 1 aromatic carbocycles. The summed E-state index contributed by atoms with van der Waals surface area (Å²) in [7, 11) is 0. The van der Waals surface area contributed by atoms with E-state index in [-0.39, 0.29) is 24.7 Å². The van der Waals surface area contributed by atoms with Crippen LogP contribution in [0.15, 0.2) is 34.1 Å². The molecule has 0 radical (unpaired) electrons. The van der Waals surface area contributed by atoms with Gasteiger partial charge in [-0.2, -0.15) is 0 Å². The van der Waals surface area contributed by atoms with Crippen LogP contribution in [0.1, 0.15) is 6.42 Å². The molecule has 0 atom stereocenters. The third-order valence-electron chi connectivity index (χ3n) is 2.85. The van der Waals surface area contributed by atoms with E-state index in [0.29, 0.717) is 5.13 Å². The van der Waals surface area contributed by atoms with Gasteiger partial charge >= 0.3 is 0 Å². The first-order valence-corrected chi connectivity index (χ1v) is 7.34. The van der Waals surface area contributed by atoms with Crippen LogP contribution in [-0.4, -0.2) is 23.2 Å². The third-order valence-corrected chi connectivity index (χ3v) is 4.24. The Morgan fingerprint density at radius 1 is 1.21 bits per heavy atom. The topological polar surface area (TPSA) is 50.3 Å². The number of hydrogen-bond acceptors (Lipinski definition) is 4. The number of carbonyl (C=O) groups is 2. The summed E-state index contributed by atoms with van der Waals surface area (Å²) in [5.74, 6) is -0.216. The molecule has 0 N–H and O–H groups in total. The van der Waals surface area contributed by atoms with Crippen molar-refractivity contribution in [3.63, 3.8) is 0 Å². The maximum Gasteiger partial charge on any atom is 0.236 e. The number of aromatic nitrogens is 1. The van der Waals surface area contributed by atoms with Crippen LogP contribution in [-0.2, 0) is 9.59 Å². The summed E-state index contributed by atoms with van der Waals surface area (Å²) in [4.78, 5) is 28.8. The summed E-state index contributed by atoms with van der Waals surface area (Å²) in [5.41, 5.74) is 1.81. The van der Waals surface area contributed by atoms with E-state index in [0.717, 1.165) is 15.7 Å². The van der Waals surface area contributed by atoms with E-state index < -0.39 is 0 Å². The molecule has 3 rings (SSSR count). The Morgan fingerprint density at radius 3 is 2.58 bits per heavy atom. The predicted octanol–water partition coefficient (Wildman–Crippen LogP) is 2.88. The summed E-state index contributed by atoms with van der Waals surface area (Å²) < 4.78 is 1.01. The van der Waals surface area contributed by atoms with Crippen LogP contribution in [0.25, 0.3) is 11.3 Å². The summed E-state index contributed by atoms with van der Waals surface area (Å²) in [6, 6.07) is 7.80. The minimum atomic E-state index is -0.165. The number of ketones is 1. The van der Waals surface area contributed by atoms with Gasteiger partial charge in [0, 0.05) is 15.4 Å². The van der Waals surface area contributed by atoms with Crippen molar-refractivity contribution >= 4 is 44.1 Å². The van der Waals surface area contributed by atoms with Crippen LogP contribution in [0.5, 0.6) is 0 Å². The van der Waals surface area contributed by atoms with Crippen LogP contribution in [0.4, 0.5) is 5.13 Å². The molecule has 0 aliphatic carbocycles. The van der Waals surface area contributed by atoms with Gasteiger partial charge in [0.1, 0.15) is 0 Å². The molecular weight excluding hydrogens is 328 g/mol. The Hall–Kier alpha value is -1.53. The van der Waals surface area contributed by atoms with Crippen molar-refractivity contribution in [3.8, 4) is 11.3 Å². The zero-order valence-electron chi connectivity index (χ0n) is 9.80. The second-order valence-electron chi connectivity index (χ2n) is 4.22. The molecule has 1 amide bonds. The molecule has 4 nitrogen and oxygen atoms in total. The fourth-order valence-electron chi connectivity index (χ4n) is 1.90. The third kappa shape index (κ3) is 2.46. The molecule has 2 aromatic rings. The monoisotopic (exact) mass is 336 g/mol. The first-order valence-electron chi connectivity index (χ1n) is 5.67. The van der Waals surface area contributed by atoms with Gasteiger partial charge in [0.05, 0.1) is 18.7 Å². The fourth-order valence-corrected chi connectivity index (χ4v) is 3.02.